The van der Waals surface area contributed by atoms with Crippen molar-refractivity contribution >= 4 is 10.9 Å². The van der Waals surface area contributed by atoms with E-state index in [1.807, 2.05) is 0 Å². The van der Waals surface area contributed by atoms with Crippen LogP contribution >= 0.6 is 0 Å². The van der Waals surface area contributed by atoms with Gasteiger partial charge in [-0.3, -0.25) is 4.68 Å². The summed E-state index contributed by atoms with van der Waals surface area (Å²) < 4.78 is 18.0. The molecule has 0 unspecified atom stereocenters. The Kier molecular flexibility index (Phi) is 4.12. The molecular weight excluding hydrogens is 361 g/mol. The van der Waals surface area contributed by atoms with E-state index in [1.54, 1.807) is 35.9 Å². The van der Waals surface area contributed by atoms with Gasteiger partial charge < -0.3 is 9.67 Å². The molecule has 0 amide bonds. The summed E-state index contributed by atoms with van der Waals surface area (Å²) in [5.74, 6) is -0.406. The lowest BCUT2D eigenvalue weighted by Gasteiger charge is -2.13. The number of aromatic hydroxyl groups is 1. The van der Waals surface area contributed by atoms with Crippen LogP contribution in [0.4, 0.5) is 4.39 Å². The van der Waals surface area contributed by atoms with E-state index in [1.165, 1.54) is 29.1 Å². The Hall–Kier alpha value is -3.99. The van der Waals surface area contributed by atoms with Crippen molar-refractivity contribution in [2.24, 2.45) is 12.2 Å². The van der Waals surface area contributed by atoms with Crippen LogP contribution in [0.3, 0.4) is 0 Å². The standard InChI is InChI=1S/C20H14FN5O2/c1-25-19(12(9-22)10-23-25)20-15(11-24-28)18-16(21)3-2-4-17(18)26(20)13-5-7-14(27)8-6-13/h2-8,10,27H,11H2,1H3. The summed E-state index contributed by atoms with van der Waals surface area (Å²) in [6, 6.07) is 13.1. The van der Waals surface area contributed by atoms with Crippen LogP contribution in [0.25, 0.3) is 28.0 Å². The van der Waals surface area contributed by atoms with Crippen LogP contribution in [0, 0.1) is 22.1 Å². The minimum atomic E-state index is -0.490. The Labute approximate surface area is 158 Å². The first-order valence-corrected chi connectivity index (χ1v) is 8.39. The summed E-state index contributed by atoms with van der Waals surface area (Å²) in [6.45, 7) is -0.270. The number of aryl methyl sites for hydroxylation is 1. The maximum atomic E-state index is 14.8. The van der Waals surface area contributed by atoms with Crippen LogP contribution in [-0.2, 0) is 13.6 Å². The van der Waals surface area contributed by atoms with Crippen LogP contribution in [0.5, 0.6) is 5.75 Å². The molecular formula is C20H14FN5O2. The molecule has 2 aromatic heterocycles. The van der Waals surface area contributed by atoms with Gasteiger partial charge in [0.2, 0.25) is 0 Å². The molecule has 0 atom stereocenters. The highest BCUT2D eigenvalue weighted by atomic mass is 19.1. The Balaban J connectivity index is 2.22. The van der Waals surface area contributed by atoms with Gasteiger partial charge in [-0.2, -0.15) is 15.3 Å². The molecule has 0 aliphatic heterocycles. The van der Waals surface area contributed by atoms with Gasteiger partial charge in [0, 0.05) is 23.7 Å². The van der Waals surface area contributed by atoms with Crippen molar-refractivity contribution in [2.45, 2.75) is 6.54 Å². The molecule has 0 fully saturated rings. The number of halogens is 1. The fraction of sp³-hybridized carbons (Fsp3) is 0.100. The normalized spacial score (nSPS) is 10.9. The topological polar surface area (TPSA) is 96.2 Å². The largest absolute Gasteiger partial charge is 0.508 e. The zero-order valence-corrected chi connectivity index (χ0v) is 14.8. The van der Waals surface area contributed by atoms with E-state index < -0.39 is 5.82 Å². The second-order valence-corrected chi connectivity index (χ2v) is 6.24. The molecule has 8 heteroatoms. The van der Waals surface area contributed by atoms with Gasteiger partial charge in [0.25, 0.3) is 0 Å². The Morgan fingerprint density at radius 3 is 2.64 bits per heavy atom. The summed E-state index contributed by atoms with van der Waals surface area (Å²) in [4.78, 5) is 11.2. The van der Waals surface area contributed by atoms with Crippen molar-refractivity contribution in [1.29, 1.82) is 5.26 Å². The number of hydrogen-bond acceptors (Lipinski definition) is 5. The Morgan fingerprint density at radius 1 is 1.21 bits per heavy atom. The molecule has 4 aromatic rings. The van der Waals surface area contributed by atoms with Gasteiger partial charge >= 0.3 is 0 Å². The van der Waals surface area contributed by atoms with Gasteiger partial charge in [-0.1, -0.05) is 11.2 Å². The van der Waals surface area contributed by atoms with Crippen molar-refractivity contribution < 1.29 is 9.50 Å². The van der Waals surface area contributed by atoms with Crippen molar-refractivity contribution in [3.8, 4) is 28.9 Å². The van der Waals surface area contributed by atoms with E-state index in [4.69, 9.17) is 0 Å². The van der Waals surface area contributed by atoms with Crippen LogP contribution in [0.2, 0.25) is 0 Å². The van der Waals surface area contributed by atoms with Crippen LogP contribution < -0.4 is 0 Å². The van der Waals surface area contributed by atoms with Crippen molar-refractivity contribution in [3.63, 3.8) is 0 Å². The summed E-state index contributed by atoms with van der Waals surface area (Å²) in [5.41, 5.74) is 2.72. The molecule has 0 spiro atoms. The first-order valence-electron chi connectivity index (χ1n) is 8.39. The lowest BCUT2D eigenvalue weighted by atomic mass is 10.1. The molecule has 1 N–H and O–H groups in total. The Bertz CT molecular complexity index is 1250. The maximum Gasteiger partial charge on any atom is 0.132 e. The number of rotatable bonds is 4. The highest BCUT2D eigenvalue weighted by Gasteiger charge is 2.26. The van der Waals surface area contributed by atoms with Crippen molar-refractivity contribution in [2.75, 3.05) is 0 Å². The fourth-order valence-electron chi connectivity index (χ4n) is 3.51. The van der Waals surface area contributed by atoms with Gasteiger partial charge in [0.15, 0.2) is 0 Å². The van der Waals surface area contributed by atoms with E-state index in [-0.39, 0.29) is 23.2 Å². The molecule has 0 radical (unpaired) electrons. The van der Waals surface area contributed by atoms with Gasteiger partial charge in [-0.25, -0.2) is 4.39 Å². The molecule has 2 heterocycles. The molecule has 0 aliphatic rings. The average Bonchev–Trinajstić information content (AvgIpc) is 3.21. The predicted molar refractivity (Wildman–Crippen MR) is 101 cm³/mol. The number of aromatic nitrogens is 3. The summed E-state index contributed by atoms with van der Waals surface area (Å²) in [7, 11) is 1.67. The average molecular weight is 375 g/mol. The Morgan fingerprint density at radius 2 is 1.96 bits per heavy atom. The number of phenols is 1. The van der Waals surface area contributed by atoms with Gasteiger partial charge in [-0.05, 0) is 36.4 Å². The second-order valence-electron chi connectivity index (χ2n) is 6.24. The lowest BCUT2D eigenvalue weighted by molar-refractivity contribution is 0.475. The van der Waals surface area contributed by atoms with Crippen LogP contribution in [0.1, 0.15) is 11.1 Å². The van der Waals surface area contributed by atoms with Crippen molar-refractivity contribution in [1.82, 2.24) is 14.3 Å². The summed E-state index contributed by atoms with van der Waals surface area (Å²) >= 11 is 0. The molecule has 4 rings (SSSR count). The number of phenolic OH excluding ortho intramolecular Hbond substituents is 1. The molecule has 138 valence electrons. The zero-order chi connectivity index (χ0) is 19.8. The van der Waals surface area contributed by atoms with E-state index in [0.717, 1.165) is 0 Å². The first-order chi connectivity index (χ1) is 13.6. The second kappa shape index (κ2) is 6.63. The number of nitroso groups, excluding NO2 is 1. The third-order valence-electron chi connectivity index (χ3n) is 4.66. The van der Waals surface area contributed by atoms with E-state index >= 15 is 0 Å². The zero-order valence-electron chi connectivity index (χ0n) is 14.8. The van der Waals surface area contributed by atoms with Crippen LogP contribution in [-0.4, -0.2) is 19.5 Å². The lowest BCUT2D eigenvalue weighted by Crippen LogP contribution is -2.03. The first kappa shape index (κ1) is 17.4. The van der Waals surface area contributed by atoms with Gasteiger partial charge in [-0.15, -0.1) is 0 Å². The minimum absolute atomic E-state index is 0.0842. The molecule has 7 nitrogen and oxygen atoms in total. The fourth-order valence-corrected chi connectivity index (χ4v) is 3.51. The van der Waals surface area contributed by atoms with E-state index in [9.17, 15) is 19.7 Å². The predicted octanol–water partition coefficient (Wildman–Crippen LogP) is 4.01. The number of hydrogen-bond donors (Lipinski definition) is 1. The monoisotopic (exact) mass is 375 g/mol. The molecule has 28 heavy (non-hydrogen) atoms. The number of fused-ring (bicyclic) bond motifs is 1. The number of nitrogens with zero attached hydrogens (tertiary/aromatic N) is 5. The quantitative estimate of drug-likeness (QED) is 0.545. The van der Waals surface area contributed by atoms with E-state index in [0.29, 0.717) is 28.2 Å². The molecule has 0 aliphatic carbocycles. The molecule has 0 bridgehead atoms. The highest BCUT2D eigenvalue weighted by molar-refractivity contribution is 5.94. The summed E-state index contributed by atoms with van der Waals surface area (Å²) in [5, 5.41) is 26.6. The third-order valence-corrected chi connectivity index (χ3v) is 4.66. The maximum absolute atomic E-state index is 14.8. The van der Waals surface area contributed by atoms with Crippen molar-refractivity contribution in [3.05, 3.63) is 70.5 Å². The highest BCUT2D eigenvalue weighted by Crippen LogP contribution is 2.39. The SMILES string of the molecule is Cn1ncc(C#N)c1-c1c(CN=O)c2c(F)cccc2n1-c1ccc(O)cc1. The van der Waals surface area contributed by atoms with Gasteiger partial charge in [0.1, 0.15) is 29.9 Å². The number of benzene rings is 2. The van der Waals surface area contributed by atoms with Crippen LogP contribution in [0.15, 0.2) is 53.8 Å². The molecule has 0 saturated carbocycles. The molecule has 2 aromatic carbocycles. The number of nitriles is 1. The minimum Gasteiger partial charge on any atom is -0.508 e. The molecule has 0 saturated heterocycles. The smallest absolute Gasteiger partial charge is 0.132 e. The van der Waals surface area contributed by atoms with E-state index in [2.05, 4.69) is 16.3 Å². The summed E-state index contributed by atoms with van der Waals surface area (Å²) in [6.07, 6.45) is 1.42. The van der Waals surface area contributed by atoms with Gasteiger partial charge in [0.05, 0.1) is 23.0 Å². The third kappa shape index (κ3) is 2.53.